The summed E-state index contributed by atoms with van der Waals surface area (Å²) in [5.74, 6) is 0. The molecule has 0 fully saturated rings. The van der Waals surface area contributed by atoms with Crippen molar-refractivity contribution in [3.8, 4) is 0 Å². The van der Waals surface area contributed by atoms with Crippen molar-refractivity contribution >= 4 is 28.4 Å². The summed E-state index contributed by atoms with van der Waals surface area (Å²) in [6.45, 7) is 3.34. The lowest BCUT2D eigenvalue weighted by Crippen LogP contribution is -2.06. The maximum atomic E-state index is 11.3. The highest BCUT2D eigenvalue weighted by Gasteiger charge is 2.19. The molecular formula is C14H17N3O2S. The zero-order valence-electron chi connectivity index (χ0n) is 11.3. The first kappa shape index (κ1) is 14.3. The molecule has 2 rings (SSSR count). The summed E-state index contributed by atoms with van der Waals surface area (Å²) in [6, 6.07) is 9.27. The smallest absolute Gasteiger partial charge is 0.315 e. The van der Waals surface area contributed by atoms with Crippen LogP contribution in [0.3, 0.4) is 0 Å². The minimum Gasteiger partial charge on any atom is -0.379 e. The van der Waals surface area contributed by atoms with Gasteiger partial charge in [0.1, 0.15) is 11.4 Å². The topological polar surface area (TPSA) is 67.2 Å². The second-order valence-electron chi connectivity index (χ2n) is 4.32. The Bertz CT molecular complexity index is 570. The Morgan fingerprint density at radius 1 is 1.20 bits per heavy atom. The molecule has 0 aliphatic rings. The van der Waals surface area contributed by atoms with Gasteiger partial charge in [0.25, 0.3) is 0 Å². The quantitative estimate of drug-likeness (QED) is 0.595. The van der Waals surface area contributed by atoms with Crippen molar-refractivity contribution in [3.63, 3.8) is 0 Å². The number of thiophene rings is 1. The van der Waals surface area contributed by atoms with E-state index in [1.807, 2.05) is 30.5 Å². The molecule has 2 N–H and O–H groups in total. The number of hydrogen-bond donors (Lipinski definition) is 2. The molecule has 0 bridgehead atoms. The summed E-state index contributed by atoms with van der Waals surface area (Å²) >= 11 is 1.63. The number of hydrogen-bond acceptors (Lipinski definition) is 5. The number of nitro groups is 1. The number of rotatable bonds is 7. The van der Waals surface area contributed by atoms with Crippen molar-refractivity contribution in [2.24, 2.45) is 0 Å². The lowest BCUT2D eigenvalue weighted by atomic mass is 10.2. The second kappa shape index (κ2) is 6.91. The average molecular weight is 291 g/mol. The first-order valence-electron chi connectivity index (χ1n) is 6.50. The number of nitrogens with zero attached hydrogens (tertiary/aromatic N) is 1. The highest BCUT2D eigenvalue weighted by Crippen LogP contribution is 2.33. The molecule has 0 aliphatic heterocycles. The van der Waals surface area contributed by atoms with Crippen molar-refractivity contribution < 1.29 is 4.92 Å². The van der Waals surface area contributed by atoms with E-state index < -0.39 is 0 Å². The van der Waals surface area contributed by atoms with Gasteiger partial charge in [-0.25, -0.2) is 0 Å². The molecule has 106 valence electrons. The van der Waals surface area contributed by atoms with Crippen LogP contribution in [0.4, 0.5) is 17.1 Å². The Kier molecular flexibility index (Phi) is 4.95. The lowest BCUT2D eigenvalue weighted by Gasteiger charge is -2.10. The third-order valence-electron chi connectivity index (χ3n) is 2.82. The Morgan fingerprint density at radius 2 is 1.95 bits per heavy atom. The minimum atomic E-state index is -0.339. The Balaban J connectivity index is 2.20. The number of para-hydroxylation sites is 1. The molecule has 0 unspecified atom stereocenters. The van der Waals surface area contributed by atoms with Gasteiger partial charge in [0.15, 0.2) is 0 Å². The number of nitrogens with one attached hydrogen (secondary N) is 2. The van der Waals surface area contributed by atoms with Crippen LogP contribution in [0, 0.1) is 10.1 Å². The molecule has 0 aliphatic carbocycles. The molecule has 20 heavy (non-hydrogen) atoms. The van der Waals surface area contributed by atoms with Gasteiger partial charge in [0, 0.05) is 18.0 Å². The van der Waals surface area contributed by atoms with Crippen LogP contribution in [0.2, 0.25) is 0 Å². The normalized spacial score (nSPS) is 10.2. The van der Waals surface area contributed by atoms with Crippen molar-refractivity contribution in [2.45, 2.75) is 19.9 Å². The molecule has 6 heteroatoms. The van der Waals surface area contributed by atoms with Crippen molar-refractivity contribution in [1.29, 1.82) is 0 Å². The fourth-order valence-electron chi connectivity index (χ4n) is 1.88. The van der Waals surface area contributed by atoms with Gasteiger partial charge >= 0.3 is 5.69 Å². The van der Waals surface area contributed by atoms with E-state index in [1.165, 1.54) is 0 Å². The third-order valence-corrected chi connectivity index (χ3v) is 3.69. The first-order chi connectivity index (χ1) is 9.72. The van der Waals surface area contributed by atoms with Gasteiger partial charge < -0.3 is 10.6 Å². The SMILES string of the molecule is CCCNc1cccc(NCc2cccs2)c1[N+](=O)[O-]. The average Bonchev–Trinajstić information content (AvgIpc) is 2.95. The predicted octanol–water partition coefficient (Wildman–Crippen LogP) is 4.09. The standard InChI is InChI=1S/C14H17N3O2S/c1-2-8-15-12-6-3-7-13(14(12)17(18)19)16-10-11-5-4-9-20-11/h3-7,9,15-16H,2,8,10H2,1H3. The Hall–Kier alpha value is -2.08. The molecule has 0 radical (unpaired) electrons. The van der Waals surface area contributed by atoms with E-state index in [4.69, 9.17) is 0 Å². The van der Waals surface area contributed by atoms with E-state index >= 15 is 0 Å². The molecule has 0 saturated carbocycles. The lowest BCUT2D eigenvalue weighted by molar-refractivity contribution is -0.383. The molecule has 5 nitrogen and oxygen atoms in total. The molecule has 0 atom stereocenters. The largest absolute Gasteiger partial charge is 0.379 e. The van der Waals surface area contributed by atoms with Crippen LogP contribution in [0.15, 0.2) is 35.7 Å². The summed E-state index contributed by atoms with van der Waals surface area (Å²) < 4.78 is 0. The van der Waals surface area contributed by atoms with Crippen molar-refractivity contribution in [1.82, 2.24) is 0 Å². The maximum Gasteiger partial charge on any atom is 0.315 e. The van der Waals surface area contributed by atoms with Crippen LogP contribution >= 0.6 is 11.3 Å². The highest BCUT2D eigenvalue weighted by atomic mass is 32.1. The summed E-state index contributed by atoms with van der Waals surface area (Å²) in [5.41, 5.74) is 1.22. The number of anilines is 2. The molecule has 0 spiro atoms. The van der Waals surface area contributed by atoms with Crippen LogP contribution in [-0.2, 0) is 6.54 Å². The van der Waals surface area contributed by atoms with Gasteiger partial charge in [-0.3, -0.25) is 10.1 Å². The van der Waals surface area contributed by atoms with E-state index in [-0.39, 0.29) is 10.6 Å². The van der Waals surface area contributed by atoms with Crippen LogP contribution in [0.25, 0.3) is 0 Å². The van der Waals surface area contributed by atoms with Crippen molar-refractivity contribution in [2.75, 3.05) is 17.2 Å². The third kappa shape index (κ3) is 3.48. The fourth-order valence-corrected chi connectivity index (χ4v) is 2.53. The Morgan fingerprint density at radius 3 is 2.55 bits per heavy atom. The second-order valence-corrected chi connectivity index (χ2v) is 5.35. The predicted molar refractivity (Wildman–Crippen MR) is 83.5 cm³/mol. The van der Waals surface area contributed by atoms with Gasteiger partial charge in [0.2, 0.25) is 0 Å². The highest BCUT2D eigenvalue weighted by molar-refractivity contribution is 7.09. The zero-order valence-corrected chi connectivity index (χ0v) is 12.1. The van der Waals surface area contributed by atoms with Crippen molar-refractivity contribution in [3.05, 3.63) is 50.7 Å². The summed E-state index contributed by atoms with van der Waals surface area (Å²) in [4.78, 5) is 12.1. The molecule has 1 aromatic carbocycles. The molecule has 2 aromatic rings. The van der Waals surface area contributed by atoms with Gasteiger partial charge in [-0.15, -0.1) is 11.3 Å². The van der Waals surface area contributed by atoms with Gasteiger partial charge in [-0.2, -0.15) is 0 Å². The fraction of sp³-hybridized carbons (Fsp3) is 0.286. The molecule has 0 saturated heterocycles. The van der Waals surface area contributed by atoms with Crippen LogP contribution in [0.5, 0.6) is 0 Å². The van der Waals surface area contributed by atoms with E-state index in [2.05, 4.69) is 10.6 Å². The number of nitro benzene ring substituents is 1. The number of benzene rings is 1. The summed E-state index contributed by atoms with van der Waals surface area (Å²) in [6.07, 6.45) is 0.921. The zero-order chi connectivity index (χ0) is 14.4. The first-order valence-corrected chi connectivity index (χ1v) is 7.38. The van der Waals surface area contributed by atoms with E-state index in [9.17, 15) is 10.1 Å². The van der Waals surface area contributed by atoms with Crippen LogP contribution in [0.1, 0.15) is 18.2 Å². The minimum absolute atomic E-state index is 0.109. The van der Waals surface area contributed by atoms with Crippen LogP contribution < -0.4 is 10.6 Å². The maximum absolute atomic E-state index is 11.3. The molecule has 1 aromatic heterocycles. The Labute approximate surface area is 121 Å². The van der Waals surface area contributed by atoms with Gasteiger partial charge in [-0.1, -0.05) is 19.1 Å². The molecule has 0 amide bonds. The van der Waals surface area contributed by atoms with E-state index in [0.29, 0.717) is 17.9 Å². The van der Waals surface area contributed by atoms with Crippen LogP contribution in [-0.4, -0.2) is 11.5 Å². The molecular weight excluding hydrogens is 274 g/mol. The summed E-state index contributed by atoms with van der Waals surface area (Å²) in [5, 5.41) is 19.5. The van der Waals surface area contributed by atoms with Gasteiger partial charge in [-0.05, 0) is 30.0 Å². The van der Waals surface area contributed by atoms with E-state index in [1.54, 1.807) is 23.5 Å². The van der Waals surface area contributed by atoms with Gasteiger partial charge in [0.05, 0.1) is 4.92 Å². The van der Waals surface area contributed by atoms with E-state index in [0.717, 1.165) is 17.8 Å². The monoisotopic (exact) mass is 291 g/mol. The summed E-state index contributed by atoms with van der Waals surface area (Å²) in [7, 11) is 0. The molecule has 1 heterocycles.